The lowest BCUT2D eigenvalue weighted by Crippen LogP contribution is -2.55. The second kappa shape index (κ2) is 8.79. The van der Waals surface area contributed by atoms with E-state index in [1.54, 1.807) is 18.2 Å². The van der Waals surface area contributed by atoms with Gasteiger partial charge in [0.05, 0.1) is 0 Å². The Morgan fingerprint density at radius 3 is 1.48 bits per heavy atom. The fourth-order valence-corrected chi connectivity index (χ4v) is 12.7. The molecule has 3 aromatic rings. The first kappa shape index (κ1) is 24.7. The summed E-state index contributed by atoms with van der Waals surface area (Å²) in [6, 6.07) is 21.8. The van der Waals surface area contributed by atoms with E-state index < -0.39 is 41.4 Å². The molecule has 0 heterocycles. The molecule has 2 N–H and O–H groups in total. The molecule has 0 aliphatic heterocycles. The van der Waals surface area contributed by atoms with Crippen molar-refractivity contribution in [2.24, 2.45) is 0 Å². The highest BCUT2D eigenvalue weighted by molar-refractivity contribution is 8.97. The molecule has 0 saturated heterocycles. The first-order valence-electron chi connectivity index (χ1n) is 9.47. The molecule has 0 aliphatic rings. The van der Waals surface area contributed by atoms with Crippen LogP contribution in [0.25, 0.3) is 0 Å². The largest absolute Gasteiger partial charge is 0.453 e. The van der Waals surface area contributed by atoms with E-state index in [9.17, 15) is 22.5 Å². The van der Waals surface area contributed by atoms with Gasteiger partial charge in [-0.25, -0.2) is 9.00 Å². The molecule has 0 aliphatic carbocycles. The fourth-order valence-electron chi connectivity index (χ4n) is 3.28. The highest BCUT2D eigenvalue weighted by atomic mass is 33.2. The van der Waals surface area contributed by atoms with Crippen molar-refractivity contribution >= 4 is 23.7 Å². The van der Waals surface area contributed by atoms with E-state index in [1.165, 1.54) is 72.8 Å². The Morgan fingerprint density at radius 2 is 1.18 bits per heavy atom. The normalized spacial score (nSPS) is 14.0. The summed E-state index contributed by atoms with van der Waals surface area (Å²) in [7, 11) is -11.2. The quantitative estimate of drug-likeness (QED) is 0.217. The molecule has 0 spiro atoms. The molecule has 3 rings (SSSR count). The monoisotopic (exact) mass is 498 g/mol. The average molecular weight is 499 g/mol. The molecule has 0 atom stereocenters. The molecular weight excluding hydrogens is 477 g/mol. The Kier molecular flexibility index (Phi) is 6.58. The van der Waals surface area contributed by atoms with Gasteiger partial charge < -0.3 is 4.74 Å². The topological polar surface area (TPSA) is 83.8 Å². The third-order valence-corrected chi connectivity index (χ3v) is 14.8. The summed E-state index contributed by atoms with van der Waals surface area (Å²) in [6.07, 6.45) is 0. The molecule has 0 bridgehead atoms. The highest BCUT2D eigenvalue weighted by Gasteiger charge is 2.69. The van der Waals surface area contributed by atoms with E-state index in [0.29, 0.717) is 0 Å². The van der Waals surface area contributed by atoms with Crippen LogP contribution in [-0.4, -0.2) is 31.1 Å². The minimum atomic E-state index is -7.14. The Hall–Kier alpha value is -2.92. The van der Waals surface area contributed by atoms with Crippen LogP contribution in [-0.2, 0) is 18.2 Å². The Balaban J connectivity index is 2.41. The van der Waals surface area contributed by atoms with Crippen molar-refractivity contribution in [2.45, 2.75) is 19.9 Å². The van der Waals surface area contributed by atoms with E-state index in [1.807, 2.05) is 0 Å². The first-order chi connectivity index (χ1) is 15.4. The second-order valence-corrected chi connectivity index (χ2v) is 14.9. The Morgan fingerprint density at radius 1 is 0.848 bits per heavy atom. The molecule has 0 radical (unpaired) electrons. The van der Waals surface area contributed by atoms with Crippen LogP contribution in [0, 0.1) is 0 Å². The number of hydrogen-bond donors (Lipinski definition) is 2. The van der Waals surface area contributed by atoms with Gasteiger partial charge in [-0.3, -0.25) is 9.11 Å². The van der Waals surface area contributed by atoms with Crippen LogP contribution in [0.3, 0.4) is 0 Å². The summed E-state index contributed by atoms with van der Waals surface area (Å²) >= 11 is 0. The van der Waals surface area contributed by atoms with Crippen LogP contribution < -0.4 is 0 Å². The van der Waals surface area contributed by atoms with Crippen molar-refractivity contribution in [1.29, 1.82) is 0 Å². The lowest BCUT2D eigenvalue weighted by molar-refractivity contribution is -0.147. The SMILES string of the molecule is C=C(F)C(=O)OCC(F)(F)S(=O)(O)(O)S(c1ccccc1)(c1ccccc1)c1ccccc1. The van der Waals surface area contributed by atoms with E-state index in [2.05, 4.69) is 11.3 Å². The number of hydrogen-bond acceptors (Lipinski definition) is 3. The summed E-state index contributed by atoms with van der Waals surface area (Å²) < 4.78 is 85.1. The zero-order chi connectivity index (χ0) is 24.4. The molecule has 0 unspecified atom stereocenters. The molecule has 0 aromatic heterocycles. The smallest absolute Gasteiger partial charge is 0.383 e. The van der Waals surface area contributed by atoms with E-state index in [4.69, 9.17) is 0 Å². The summed E-state index contributed by atoms with van der Waals surface area (Å²) in [5, 5.41) is -4.90. The lowest BCUT2D eigenvalue weighted by Gasteiger charge is -2.56. The van der Waals surface area contributed by atoms with Crippen molar-refractivity contribution in [1.82, 2.24) is 0 Å². The van der Waals surface area contributed by atoms with Crippen LogP contribution >= 0.6 is 9.06 Å². The third-order valence-electron chi connectivity index (χ3n) is 4.78. The van der Waals surface area contributed by atoms with Gasteiger partial charge in [0.15, 0.2) is 15.3 Å². The van der Waals surface area contributed by atoms with Gasteiger partial charge in [0.2, 0.25) is 5.83 Å². The van der Waals surface area contributed by atoms with E-state index in [0.717, 1.165) is 0 Å². The molecular formula is C23H21F3O5S2. The maximum Gasteiger partial charge on any atom is 0.383 e. The third kappa shape index (κ3) is 3.99. The molecule has 5 nitrogen and oxygen atoms in total. The highest BCUT2D eigenvalue weighted by Crippen LogP contribution is 2.82. The zero-order valence-corrected chi connectivity index (χ0v) is 18.8. The van der Waals surface area contributed by atoms with Gasteiger partial charge in [0, 0.05) is 14.7 Å². The number of alkyl halides is 2. The molecule has 3 aromatic carbocycles. The minimum absolute atomic E-state index is 0.0368. The molecule has 0 fully saturated rings. The molecule has 0 saturated carbocycles. The molecule has 10 heteroatoms. The molecule has 33 heavy (non-hydrogen) atoms. The summed E-state index contributed by atoms with van der Waals surface area (Å²) in [5.74, 6) is -3.50. The van der Waals surface area contributed by atoms with Gasteiger partial charge >= 0.3 is 11.2 Å². The van der Waals surface area contributed by atoms with Gasteiger partial charge in [-0.2, -0.15) is 13.2 Å². The summed E-state index contributed by atoms with van der Waals surface area (Å²) in [5.41, 5.74) is 0. The summed E-state index contributed by atoms with van der Waals surface area (Å²) in [6.45, 7) is 0.604. The van der Waals surface area contributed by atoms with Crippen LogP contribution in [0.2, 0.25) is 0 Å². The van der Waals surface area contributed by atoms with Crippen LogP contribution in [0.5, 0.6) is 0 Å². The first-order valence-corrected chi connectivity index (χ1v) is 13.5. The Labute approximate surface area is 189 Å². The number of carbonyl (C=O) groups excluding carboxylic acids is 1. The average Bonchev–Trinajstić information content (AvgIpc) is 2.79. The predicted octanol–water partition coefficient (Wildman–Crippen LogP) is 6.27. The van der Waals surface area contributed by atoms with Gasteiger partial charge in [-0.15, -0.1) is 0 Å². The molecule has 0 amide bonds. The van der Waals surface area contributed by atoms with Crippen molar-refractivity contribution in [3.63, 3.8) is 0 Å². The standard InChI is InChI=1S/C23H21F3O5S2/c1-18(24)22(27)31-17-23(25,26)33(28,29,30)32(19-11-5-2-6-12-19,20-13-7-3-8-14-20)21-15-9-4-10-16-21/h2-16H,1,17H2,(H2,28,29,30). The number of esters is 1. The van der Waals surface area contributed by atoms with Crippen molar-refractivity contribution in [3.8, 4) is 0 Å². The minimum Gasteiger partial charge on any atom is -0.453 e. The Bertz CT molecular complexity index is 1120. The number of carbonyl (C=O) groups is 1. The molecule has 176 valence electrons. The van der Waals surface area contributed by atoms with Crippen LogP contribution in [0.15, 0.2) is 118 Å². The fraction of sp³-hybridized carbons (Fsp3) is 0.0870. The second-order valence-electron chi connectivity index (χ2n) is 6.91. The van der Waals surface area contributed by atoms with Crippen molar-refractivity contribution in [2.75, 3.05) is 6.61 Å². The van der Waals surface area contributed by atoms with Gasteiger partial charge in [-0.1, -0.05) is 70.2 Å². The summed E-state index contributed by atoms with van der Waals surface area (Å²) in [4.78, 5) is 11.3. The number of rotatable bonds is 8. The zero-order valence-electron chi connectivity index (χ0n) is 17.1. The van der Waals surface area contributed by atoms with Crippen LogP contribution in [0.1, 0.15) is 0 Å². The van der Waals surface area contributed by atoms with Crippen LogP contribution in [0.4, 0.5) is 13.2 Å². The lowest BCUT2D eigenvalue weighted by atomic mass is 10.4. The maximum atomic E-state index is 15.6. The predicted molar refractivity (Wildman–Crippen MR) is 121 cm³/mol. The van der Waals surface area contributed by atoms with E-state index >= 15 is 8.78 Å². The maximum absolute atomic E-state index is 15.6. The number of ether oxygens (including phenoxy) is 1. The number of halogens is 3. The number of benzene rings is 3. The van der Waals surface area contributed by atoms with E-state index in [-0.39, 0.29) is 14.7 Å². The van der Waals surface area contributed by atoms with Gasteiger partial charge in [0.1, 0.15) is 0 Å². The van der Waals surface area contributed by atoms with Crippen molar-refractivity contribution in [3.05, 3.63) is 103 Å². The van der Waals surface area contributed by atoms with Gasteiger partial charge in [0.25, 0.3) is 0 Å². The van der Waals surface area contributed by atoms with Crippen molar-refractivity contribution < 1.29 is 36.0 Å². The van der Waals surface area contributed by atoms with Gasteiger partial charge in [-0.05, 0) is 36.4 Å².